The molecule has 3 N–H and O–H groups in total. The highest BCUT2D eigenvalue weighted by Crippen LogP contribution is 2.15. The van der Waals surface area contributed by atoms with E-state index in [0.29, 0.717) is 0 Å². The molecule has 0 aliphatic rings. The molecule has 2 heteroatoms. The molecular formula is C22H30N2. The maximum Gasteiger partial charge on any atom is 0.0397 e. The van der Waals surface area contributed by atoms with Gasteiger partial charge in [-0.2, -0.15) is 0 Å². The predicted octanol–water partition coefficient (Wildman–Crippen LogP) is 4.97. The molecule has 0 amide bonds. The lowest BCUT2D eigenvalue weighted by atomic mass is 9.94. The predicted molar refractivity (Wildman–Crippen MR) is 107 cm³/mol. The minimum Gasteiger partial charge on any atom is -0.384 e. The number of rotatable bonds is 9. The summed E-state index contributed by atoms with van der Waals surface area (Å²) in [5.41, 5.74) is 10.4. The van der Waals surface area contributed by atoms with Crippen molar-refractivity contribution >= 4 is 6.08 Å². The molecule has 24 heavy (non-hydrogen) atoms. The van der Waals surface area contributed by atoms with E-state index < -0.39 is 0 Å². The molecule has 0 saturated heterocycles. The Morgan fingerprint density at radius 1 is 1.12 bits per heavy atom. The van der Waals surface area contributed by atoms with Crippen LogP contribution in [0.3, 0.4) is 0 Å². The Hall–Kier alpha value is -2.32. The fraction of sp³-hybridized carbons (Fsp3) is 0.273. The number of hydrogen-bond acceptors (Lipinski definition) is 2. The summed E-state index contributed by atoms with van der Waals surface area (Å²) >= 11 is 0. The van der Waals surface area contributed by atoms with Gasteiger partial charge in [0.1, 0.15) is 0 Å². The fourth-order valence-corrected chi connectivity index (χ4v) is 2.17. The van der Waals surface area contributed by atoms with E-state index in [1.165, 1.54) is 11.1 Å². The van der Waals surface area contributed by atoms with E-state index in [4.69, 9.17) is 5.73 Å². The Balaban J connectivity index is 2.52. The summed E-state index contributed by atoms with van der Waals surface area (Å²) in [5, 5.41) is 3.37. The van der Waals surface area contributed by atoms with Crippen LogP contribution in [0.1, 0.15) is 31.9 Å². The zero-order valence-corrected chi connectivity index (χ0v) is 15.1. The molecular weight excluding hydrogens is 292 g/mol. The van der Waals surface area contributed by atoms with Crippen molar-refractivity contribution < 1.29 is 0 Å². The summed E-state index contributed by atoms with van der Waals surface area (Å²) in [4.78, 5) is 0. The first-order chi connectivity index (χ1) is 11.5. The van der Waals surface area contributed by atoms with Crippen LogP contribution >= 0.6 is 0 Å². The highest BCUT2D eigenvalue weighted by Gasteiger charge is 2.16. The first-order valence-corrected chi connectivity index (χ1v) is 8.34. The molecule has 0 spiro atoms. The molecule has 0 aromatic heterocycles. The normalized spacial score (nSPS) is 14.3. The lowest BCUT2D eigenvalue weighted by Gasteiger charge is -2.23. The van der Waals surface area contributed by atoms with Crippen LogP contribution in [0.2, 0.25) is 0 Å². The van der Waals surface area contributed by atoms with Gasteiger partial charge in [0.15, 0.2) is 0 Å². The molecule has 0 bridgehead atoms. The summed E-state index contributed by atoms with van der Waals surface area (Å²) in [6, 6.07) is 8.41. The molecule has 0 aliphatic carbocycles. The summed E-state index contributed by atoms with van der Waals surface area (Å²) < 4.78 is 0. The van der Waals surface area contributed by atoms with E-state index in [-0.39, 0.29) is 12.0 Å². The topological polar surface area (TPSA) is 38.0 Å². The largest absolute Gasteiger partial charge is 0.384 e. The molecule has 2 nitrogen and oxygen atoms in total. The average molecular weight is 322 g/mol. The van der Waals surface area contributed by atoms with Crippen molar-refractivity contribution in [2.24, 2.45) is 11.7 Å². The van der Waals surface area contributed by atoms with E-state index in [2.05, 4.69) is 55.7 Å². The van der Waals surface area contributed by atoms with Crippen molar-refractivity contribution in [2.45, 2.75) is 33.4 Å². The van der Waals surface area contributed by atoms with Crippen LogP contribution in [-0.2, 0) is 6.54 Å². The number of nitrogens with one attached hydrogen (secondary N) is 1. The third kappa shape index (κ3) is 6.84. The van der Waals surface area contributed by atoms with Gasteiger partial charge in [0, 0.05) is 24.2 Å². The second-order valence-electron chi connectivity index (χ2n) is 6.05. The second kappa shape index (κ2) is 10.5. The van der Waals surface area contributed by atoms with Crippen molar-refractivity contribution in [3.63, 3.8) is 0 Å². The van der Waals surface area contributed by atoms with E-state index in [1.807, 2.05) is 44.2 Å². The summed E-state index contributed by atoms with van der Waals surface area (Å²) in [6.45, 7) is 14.8. The first-order valence-electron chi connectivity index (χ1n) is 8.34. The van der Waals surface area contributed by atoms with Crippen LogP contribution in [0.15, 0.2) is 79.1 Å². The van der Waals surface area contributed by atoms with Crippen LogP contribution in [0.4, 0.5) is 0 Å². The zero-order chi connectivity index (χ0) is 17.9. The minimum absolute atomic E-state index is 0.0619. The Morgan fingerprint density at radius 3 is 2.33 bits per heavy atom. The molecule has 0 aliphatic heterocycles. The van der Waals surface area contributed by atoms with Gasteiger partial charge in [0.05, 0.1) is 0 Å². The Labute approximate surface area is 147 Å². The smallest absolute Gasteiger partial charge is 0.0397 e. The van der Waals surface area contributed by atoms with Crippen molar-refractivity contribution in [3.8, 4) is 0 Å². The van der Waals surface area contributed by atoms with Crippen LogP contribution in [0.5, 0.6) is 0 Å². The number of nitrogens with two attached hydrogens (primary N) is 1. The van der Waals surface area contributed by atoms with Crippen LogP contribution < -0.4 is 11.1 Å². The Morgan fingerprint density at radius 2 is 1.75 bits per heavy atom. The third-order valence-electron chi connectivity index (χ3n) is 3.97. The standard InChI is InChI=1S/C22H30N2/c1-6-7-8-9-10-11-20-12-14-21(15-13-20)16-24-19(5)18(4)22(23)17(2)3/h6-15,18,22,24H,2,5,16,23H2,1,3-4H3/b7-6-,9-8-,11-10+. The fourth-order valence-electron chi connectivity index (χ4n) is 2.17. The molecule has 1 rings (SSSR count). The number of benzene rings is 1. The van der Waals surface area contributed by atoms with Crippen molar-refractivity contribution in [3.05, 3.63) is 90.2 Å². The minimum atomic E-state index is -0.0619. The molecule has 1 aromatic rings. The molecule has 128 valence electrons. The van der Waals surface area contributed by atoms with Gasteiger partial charge in [-0.25, -0.2) is 0 Å². The molecule has 1 aromatic carbocycles. The molecule has 2 atom stereocenters. The second-order valence-corrected chi connectivity index (χ2v) is 6.05. The summed E-state index contributed by atoms with van der Waals surface area (Å²) in [5.74, 6) is 0.161. The molecule has 0 saturated carbocycles. The molecule has 0 heterocycles. The van der Waals surface area contributed by atoms with Crippen LogP contribution in [0.25, 0.3) is 6.08 Å². The molecule has 0 fully saturated rings. The Bertz CT molecular complexity index is 618. The van der Waals surface area contributed by atoms with Crippen molar-refractivity contribution in [1.82, 2.24) is 5.32 Å². The highest BCUT2D eigenvalue weighted by atomic mass is 14.9. The average Bonchev–Trinajstić information content (AvgIpc) is 2.59. The van der Waals surface area contributed by atoms with E-state index in [1.54, 1.807) is 0 Å². The summed E-state index contributed by atoms with van der Waals surface area (Å²) in [7, 11) is 0. The van der Waals surface area contributed by atoms with E-state index >= 15 is 0 Å². The monoisotopic (exact) mass is 322 g/mol. The molecule has 2 unspecified atom stereocenters. The maximum absolute atomic E-state index is 6.11. The van der Waals surface area contributed by atoms with E-state index in [9.17, 15) is 0 Å². The van der Waals surface area contributed by atoms with Crippen LogP contribution in [-0.4, -0.2) is 6.04 Å². The van der Waals surface area contributed by atoms with Gasteiger partial charge in [0.2, 0.25) is 0 Å². The highest BCUT2D eigenvalue weighted by molar-refractivity contribution is 5.51. The number of hydrogen-bond donors (Lipinski definition) is 2. The van der Waals surface area contributed by atoms with E-state index in [0.717, 1.165) is 17.8 Å². The van der Waals surface area contributed by atoms with Crippen LogP contribution in [0, 0.1) is 5.92 Å². The Kier molecular flexibility index (Phi) is 8.59. The third-order valence-corrected chi connectivity index (χ3v) is 3.97. The van der Waals surface area contributed by atoms with Gasteiger partial charge in [0.25, 0.3) is 0 Å². The molecule has 0 radical (unpaired) electrons. The van der Waals surface area contributed by atoms with Gasteiger partial charge in [-0.1, -0.05) is 86.4 Å². The lowest BCUT2D eigenvalue weighted by molar-refractivity contribution is 0.533. The first kappa shape index (κ1) is 19.7. The van der Waals surface area contributed by atoms with Crippen molar-refractivity contribution in [2.75, 3.05) is 0 Å². The number of allylic oxidation sites excluding steroid dienone is 5. The maximum atomic E-state index is 6.11. The quantitative estimate of drug-likeness (QED) is 0.497. The van der Waals surface area contributed by atoms with Gasteiger partial charge < -0.3 is 11.1 Å². The van der Waals surface area contributed by atoms with Gasteiger partial charge >= 0.3 is 0 Å². The lowest BCUT2D eigenvalue weighted by Crippen LogP contribution is -2.34. The SMILES string of the molecule is C=C(NCc1ccc(/C=C/C=C\C=C/C)cc1)C(C)C(N)C(=C)C. The zero-order valence-electron chi connectivity index (χ0n) is 15.1. The summed E-state index contributed by atoms with van der Waals surface area (Å²) in [6.07, 6.45) is 12.2. The van der Waals surface area contributed by atoms with Gasteiger partial charge in [-0.15, -0.1) is 0 Å². The van der Waals surface area contributed by atoms with Gasteiger partial charge in [-0.3, -0.25) is 0 Å². The van der Waals surface area contributed by atoms with Gasteiger partial charge in [-0.05, 0) is 25.0 Å². The van der Waals surface area contributed by atoms with Crippen molar-refractivity contribution in [1.29, 1.82) is 0 Å².